The van der Waals surface area contributed by atoms with Crippen molar-refractivity contribution in [3.63, 3.8) is 0 Å². The average Bonchev–Trinajstić information content (AvgIpc) is 2.50. The van der Waals surface area contributed by atoms with E-state index >= 15 is 0 Å². The van der Waals surface area contributed by atoms with Crippen LogP contribution in [0.15, 0.2) is 24.3 Å². The molecule has 1 atom stereocenters. The molecule has 1 heterocycles. The maximum absolute atomic E-state index is 13.1. The summed E-state index contributed by atoms with van der Waals surface area (Å²) in [5, 5.41) is 0. The number of benzene rings is 1. The van der Waals surface area contributed by atoms with Crippen molar-refractivity contribution in [1.29, 1.82) is 0 Å². The summed E-state index contributed by atoms with van der Waals surface area (Å²) < 4.78 is 13.1. The second kappa shape index (κ2) is 7.24. The van der Waals surface area contributed by atoms with Crippen molar-refractivity contribution in [2.45, 2.75) is 25.3 Å². The van der Waals surface area contributed by atoms with Crippen LogP contribution in [0.3, 0.4) is 0 Å². The largest absolute Gasteiger partial charge is 0.333 e. The second-order valence-electron chi connectivity index (χ2n) is 5.45. The van der Waals surface area contributed by atoms with Gasteiger partial charge in [-0.05, 0) is 43.6 Å². The van der Waals surface area contributed by atoms with E-state index in [4.69, 9.17) is 6.42 Å². The van der Waals surface area contributed by atoms with Gasteiger partial charge in [0.25, 0.3) is 0 Å². The Morgan fingerprint density at radius 1 is 1.33 bits per heavy atom. The summed E-state index contributed by atoms with van der Waals surface area (Å²) in [5.41, 5.74) is 0.826. The number of rotatable bonds is 4. The van der Waals surface area contributed by atoms with E-state index in [9.17, 15) is 9.18 Å². The van der Waals surface area contributed by atoms with Crippen molar-refractivity contribution in [3.8, 4) is 12.3 Å². The summed E-state index contributed by atoms with van der Waals surface area (Å²) in [4.78, 5) is 16.4. The second-order valence-corrected chi connectivity index (χ2v) is 5.45. The zero-order valence-corrected chi connectivity index (χ0v) is 12.4. The summed E-state index contributed by atoms with van der Waals surface area (Å²) in [5.74, 6) is 2.18. The lowest BCUT2D eigenvalue weighted by molar-refractivity contribution is -0.135. The Hall–Kier alpha value is -1.86. The lowest BCUT2D eigenvalue weighted by Gasteiger charge is -2.35. The van der Waals surface area contributed by atoms with E-state index in [0.29, 0.717) is 0 Å². The molecule has 0 radical (unpaired) electrons. The van der Waals surface area contributed by atoms with Crippen LogP contribution in [0.4, 0.5) is 4.39 Å². The molecular weight excluding hydrogens is 267 g/mol. The average molecular weight is 288 g/mol. The Balaban J connectivity index is 2.27. The minimum Gasteiger partial charge on any atom is -0.333 e. The van der Waals surface area contributed by atoms with Crippen LogP contribution in [-0.4, -0.2) is 42.4 Å². The molecule has 3 nitrogen and oxygen atoms in total. The highest BCUT2D eigenvalue weighted by Gasteiger charge is 2.30. The highest BCUT2D eigenvalue weighted by atomic mass is 19.1. The molecule has 1 unspecified atom stereocenters. The summed E-state index contributed by atoms with van der Waals surface area (Å²) >= 11 is 0. The van der Waals surface area contributed by atoms with Gasteiger partial charge in [-0.25, -0.2) is 4.39 Å². The van der Waals surface area contributed by atoms with E-state index < -0.39 is 0 Å². The van der Waals surface area contributed by atoms with E-state index in [2.05, 4.69) is 10.8 Å². The first-order chi connectivity index (χ1) is 10.1. The van der Waals surface area contributed by atoms with Crippen molar-refractivity contribution in [1.82, 2.24) is 9.80 Å². The van der Waals surface area contributed by atoms with E-state index in [-0.39, 0.29) is 24.3 Å². The Bertz CT molecular complexity index is 515. The molecule has 1 saturated heterocycles. The Labute approximate surface area is 125 Å². The molecule has 1 fully saturated rings. The third kappa shape index (κ3) is 3.83. The molecule has 21 heavy (non-hydrogen) atoms. The van der Waals surface area contributed by atoms with Gasteiger partial charge in [-0.2, -0.15) is 0 Å². The van der Waals surface area contributed by atoms with Crippen LogP contribution in [0.5, 0.6) is 0 Å². The van der Waals surface area contributed by atoms with Gasteiger partial charge < -0.3 is 4.90 Å². The SMILES string of the molecule is C#CCN(C)C(=O)C(c1ccc(F)cc1)N1CCCCC1. The van der Waals surface area contributed by atoms with Crippen LogP contribution < -0.4 is 0 Å². The molecule has 1 aliphatic rings. The van der Waals surface area contributed by atoms with Crippen LogP contribution in [0.25, 0.3) is 0 Å². The maximum Gasteiger partial charge on any atom is 0.245 e. The van der Waals surface area contributed by atoms with Crippen LogP contribution >= 0.6 is 0 Å². The monoisotopic (exact) mass is 288 g/mol. The third-order valence-electron chi connectivity index (χ3n) is 3.88. The fourth-order valence-corrected chi connectivity index (χ4v) is 2.75. The minimum absolute atomic E-state index is 0.0264. The van der Waals surface area contributed by atoms with Crippen molar-refractivity contribution >= 4 is 5.91 Å². The number of hydrogen-bond donors (Lipinski definition) is 0. The van der Waals surface area contributed by atoms with Gasteiger partial charge in [-0.15, -0.1) is 6.42 Å². The molecule has 1 aromatic rings. The lowest BCUT2D eigenvalue weighted by atomic mass is 10.0. The number of carbonyl (C=O) groups excluding carboxylic acids is 1. The molecule has 0 aliphatic carbocycles. The first-order valence-electron chi connectivity index (χ1n) is 7.31. The molecule has 0 saturated carbocycles. The fraction of sp³-hybridized carbons (Fsp3) is 0.471. The highest BCUT2D eigenvalue weighted by molar-refractivity contribution is 5.83. The Morgan fingerprint density at radius 2 is 1.95 bits per heavy atom. The predicted octanol–water partition coefficient (Wildman–Crippen LogP) is 2.44. The van der Waals surface area contributed by atoms with Crippen molar-refractivity contribution in [2.24, 2.45) is 0 Å². The van der Waals surface area contributed by atoms with Crippen molar-refractivity contribution in [2.75, 3.05) is 26.7 Å². The molecular formula is C17H21FN2O. The van der Waals surface area contributed by atoms with Crippen LogP contribution in [0, 0.1) is 18.2 Å². The molecule has 0 aromatic heterocycles. The van der Waals surface area contributed by atoms with Gasteiger partial charge in [0.1, 0.15) is 11.9 Å². The molecule has 2 rings (SSSR count). The van der Waals surface area contributed by atoms with Gasteiger partial charge in [-0.3, -0.25) is 9.69 Å². The van der Waals surface area contributed by atoms with E-state index in [1.165, 1.54) is 18.6 Å². The Morgan fingerprint density at radius 3 is 2.52 bits per heavy atom. The molecule has 112 valence electrons. The molecule has 4 heteroatoms. The number of halogens is 1. The number of carbonyl (C=O) groups is 1. The molecule has 0 N–H and O–H groups in total. The van der Waals surface area contributed by atoms with Gasteiger partial charge in [0.15, 0.2) is 0 Å². The smallest absolute Gasteiger partial charge is 0.245 e. The highest BCUT2D eigenvalue weighted by Crippen LogP contribution is 2.26. The fourth-order valence-electron chi connectivity index (χ4n) is 2.75. The van der Waals surface area contributed by atoms with E-state index in [1.54, 1.807) is 24.1 Å². The quantitative estimate of drug-likeness (QED) is 0.795. The number of hydrogen-bond acceptors (Lipinski definition) is 2. The van der Waals surface area contributed by atoms with Crippen LogP contribution in [-0.2, 0) is 4.79 Å². The van der Waals surface area contributed by atoms with E-state index in [1.807, 2.05) is 0 Å². The molecule has 0 bridgehead atoms. The predicted molar refractivity (Wildman–Crippen MR) is 81.0 cm³/mol. The van der Waals surface area contributed by atoms with Crippen LogP contribution in [0.1, 0.15) is 30.9 Å². The first kappa shape index (κ1) is 15.5. The maximum atomic E-state index is 13.1. The van der Waals surface area contributed by atoms with Crippen molar-refractivity contribution in [3.05, 3.63) is 35.6 Å². The Kier molecular flexibility index (Phi) is 5.35. The topological polar surface area (TPSA) is 23.6 Å². The summed E-state index contributed by atoms with van der Waals surface area (Å²) in [6, 6.07) is 5.82. The lowest BCUT2D eigenvalue weighted by Crippen LogP contribution is -2.43. The number of piperidine rings is 1. The van der Waals surface area contributed by atoms with E-state index in [0.717, 1.165) is 31.5 Å². The third-order valence-corrected chi connectivity index (χ3v) is 3.88. The normalized spacial score (nSPS) is 17.0. The van der Waals surface area contributed by atoms with Crippen LogP contribution in [0.2, 0.25) is 0 Å². The summed E-state index contributed by atoms with van der Waals surface area (Å²) in [7, 11) is 1.71. The van der Waals surface area contributed by atoms with Gasteiger partial charge in [-0.1, -0.05) is 24.5 Å². The zero-order chi connectivity index (χ0) is 15.2. The number of amides is 1. The summed E-state index contributed by atoms with van der Waals surface area (Å²) in [6.45, 7) is 2.06. The van der Waals surface area contributed by atoms with Crippen molar-refractivity contribution < 1.29 is 9.18 Å². The van der Waals surface area contributed by atoms with Gasteiger partial charge >= 0.3 is 0 Å². The van der Waals surface area contributed by atoms with Gasteiger partial charge in [0.05, 0.1) is 6.54 Å². The first-order valence-corrected chi connectivity index (χ1v) is 7.31. The number of terminal acetylenes is 1. The number of likely N-dealkylation sites (tertiary alicyclic amines) is 1. The standard InChI is InChI=1S/C17H21FN2O/c1-3-11-19(2)17(21)16(20-12-5-4-6-13-20)14-7-9-15(18)10-8-14/h1,7-10,16H,4-6,11-13H2,2H3. The minimum atomic E-state index is -0.371. The molecule has 1 aliphatic heterocycles. The number of nitrogens with zero attached hydrogens (tertiary/aromatic N) is 2. The van der Waals surface area contributed by atoms with Gasteiger partial charge in [0.2, 0.25) is 5.91 Å². The zero-order valence-electron chi connectivity index (χ0n) is 12.4. The molecule has 0 spiro atoms. The summed E-state index contributed by atoms with van der Waals surface area (Å²) in [6.07, 6.45) is 8.67. The molecule has 1 aromatic carbocycles. The molecule has 1 amide bonds. The van der Waals surface area contributed by atoms with Gasteiger partial charge in [0, 0.05) is 7.05 Å². The number of likely N-dealkylation sites (N-methyl/N-ethyl adjacent to an activating group) is 1.